The van der Waals surface area contributed by atoms with Gasteiger partial charge in [0.2, 0.25) is 11.9 Å². The summed E-state index contributed by atoms with van der Waals surface area (Å²) in [4.78, 5) is 10.3. The first-order valence-corrected chi connectivity index (χ1v) is 7.28. The van der Waals surface area contributed by atoms with Crippen molar-refractivity contribution in [1.82, 2.24) is 0 Å². The molecule has 1 saturated carbocycles. The number of nitrogens with zero attached hydrogens (tertiary/aromatic N) is 3. The van der Waals surface area contributed by atoms with Crippen LogP contribution >= 0.6 is 0 Å². The standard InChI is InChI=1S/C15H20FN5/c1-10-6-5-7-11(16)12(10)21-14(18)19-13(17)20-15(21)8-3-2-4-9-15/h5-7H,2-4,8-9H2,1H3,(H4,17,18,19,20). The van der Waals surface area contributed by atoms with Gasteiger partial charge in [0.15, 0.2) is 0 Å². The molecule has 1 aromatic carbocycles. The molecular formula is C15H20FN5. The maximum atomic E-state index is 14.4. The first-order valence-electron chi connectivity index (χ1n) is 7.28. The number of hydrogen-bond acceptors (Lipinski definition) is 5. The van der Waals surface area contributed by atoms with Gasteiger partial charge in [0.25, 0.3) is 0 Å². The molecule has 1 fully saturated rings. The molecule has 1 aliphatic carbocycles. The molecule has 3 rings (SSSR count). The van der Waals surface area contributed by atoms with E-state index in [1.165, 1.54) is 6.07 Å². The van der Waals surface area contributed by atoms with Crippen molar-refractivity contribution in [2.75, 3.05) is 4.90 Å². The third kappa shape index (κ3) is 2.24. The van der Waals surface area contributed by atoms with Crippen LogP contribution in [0.3, 0.4) is 0 Å². The third-order valence-electron chi connectivity index (χ3n) is 4.26. The van der Waals surface area contributed by atoms with Crippen LogP contribution in [-0.4, -0.2) is 17.6 Å². The van der Waals surface area contributed by atoms with Crippen LogP contribution in [-0.2, 0) is 0 Å². The van der Waals surface area contributed by atoms with E-state index < -0.39 is 5.66 Å². The smallest absolute Gasteiger partial charge is 0.220 e. The van der Waals surface area contributed by atoms with Crippen LogP contribution in [0.25, 0.3) is 0 Å². The largest absolute Gasteiger partial charge is 0.369 e. The van der Waals surface area contributed by atoms with Gasteiger partial charge < -0.3 is 11.5 Å². The van der Waals surface area contributed by atoms with Crippen LogP contribution in [0, 0.1) is 12.7 Å². The fraction of sp³-hybridized carbons (Fsp3) is 0.467. The zero-order valence-corrected chi connectivity index (χ0v) is 12.1. The van der Waals surface area contributed by atoms with Crippen molar-refractivity contribution in [3.8, 4) is 0 Å². The Morgan fingerprint density at radius 2 is 1.90 bits per heavy atom. The van der Waals surface area contributed by atoms with E-state index in [1.807, 2.05) is 13.0 Å². The van der Waals surface area contributed by atoms with E-state index >= 15 is 0 Å². The van der Waals surface area contributed by atoms with E-state index in [0.717, 1.165) is 37.7 Å². The van der Waals surface area contributed by atoms with Gasteiger partial charge in [-0.2, -0.15) is 4.99 Å². The van der Waals surface area contributed by atoms with Crippen molar-refractivity contribution >= 4 is 17.6 Å². The molecule has 0 bridgehead atoms. The van der Waals surface area contributed by atoms with Gasteiger partial charge in [-0.1, -0.05) is 18.6 Å². The van der Waals surface area contributed by atoms with E-state index in [1.54, 1.807) is 11.0 Å². The van der Waals surface area contributed by atoms with Gasteiger partial charge in [-0.05, 0) is 44.2 Å². The maximum absolute atomic E-state index is 14.4. The monoisotopic (exact) mass is 289 g/mol. The van der Waals surface area contributed by atoms with Crippen LogP contribution < -0.4 is 16.4 Å². The first-order chi connectivity index (χ1) is 10.0. The lowest BCUT2D eigenvalue weighted by atomic mass is 9.87. The average Bonchev–Trinajstić information content (AvgIpc) is 2.42. The van der Waals surface area contributed by atoms with Gasteiger partial charge >= 0.3 is 0 Å². The van der Waals surface area contributed by atoms with Crippen LogP contribution in [0.1, 0.15) is 37.7 Å². The number of benzene rings is 1. The van der Waals surface area contributed by atoms with Gasteiger partial charge in [0.05, 0.1) is 5.69 Å². The highest BCUT2D eigenvalue weighted by Gasteiger charge is 2.43. The molecule has 0 aromatic heterocycles. The Kier molecular flexibility index (Phi) is 3.31. The van der Waals surface area contributed by atoms with E-state index in [4.69, 9.17) is 11.5 Å². The zero-order valence-electron chi connectivity index (χ0n) is 12.1. The zero-order chi connectivity index (χ0) is 15.0. The Labute approximate surface area is 123 Å². The molecule has 2 aliphatic rings. The Morgan fingerprint density at radius 3 is 2.57 bits per heavy atom. The SMILES string of the molecule is Cc1cccc(F)c1N1C(N)=NC(N)=NC12CCCCC2. The number of guanidine groups is 2. The molecule has 0 amide bonds. The molecular weight excluding hydrogens is 269 g/mol. The summed E-state index contributed by atoms with van der Waals surface area (Å²) in [6.07, 6.45) is 4.80. The summed E-state index contributed by atoms with van der Waals surface area (Å²) in [6, 6.07) is 4.99. The number of anilines is 1. The Bertz CT molecular complexity index is 596. The van der Waals surface area contributed by atoms with Gasteiger partial charge in [0, 0.05) is 0 Å². The van der Waals surface area contributed by atoms with Crippen LogP contribution in [0.4, 0.5) is 10.1 Å². The fourth-order valence-corrected chi connectivity index (χ4v) is 3.35. The topological polar surface area (TPSA) is 80.0 Å². The molecule has 21 heavy (non-hydrogen) atoms. The molecule has 1 heterocycles. The Balaban J connectivity index is 2.16. The minimum Gasteiger partial charge on any atom is -0.369 e. The number of rotatable bonds is 1. The van der Waals surface area contributed by atoms with Gasteiger partial charge in [-0.15, -0.1) is 0 Å². The summed E-state index contributed by atoms with van der Waals surface area (Å²) in [5.41, 5.74) is 12.6. The number of para-hydroxylation sites is 1. The molecule has 1 spiro atoms. The highest BCUT2D eigenvalue weighted by molar-refractivity contribution is 6.06. The van der Waals surface area contributed by atoms with Crippen LogP contribution in [0.2, 0.25) is 0 Å². The molecule has 112 valence electrons. The summed E-state index contributed by atoms with van der Waals surface area (Å²) in [7, 11) is 0. The molecule has 0 unspecified atom stereocenters. The number of nitrogens with two attached hydrogens (primary N) is 2. The van der Waals surface area contributed by atoms with Gasteiger partial charge in [-0.3, -0.25) is 4.90 Å². The number of halogens is 1. The molecule has 0 saturated heterocycles. The molecule has 4 N–H and O–H groups in total. The Morgan fingerprint density at radius 1 is 1.19 bits per heavy atom. The predicted octanol–water partition coefficient (Wildman–Crippen LogP) is 2.24. The average molecular weight is 289 g/mol. The molecule has 5 nitrogen and oxygen atoms in total. The van der Waals surface area contributed by atoms with Gasteiger partial charge in [0.1, 0.15) is 11.5 Å². The highest BCUT2D eigenvalue weighted by Crippen LogP contribution is 2.41. The van der Waals surface area contributed by atoms with Gasteiger partial charge in [-0.25, -0.2) is 9.38 Å². The number of aryl methyl sites for hydroxylation is 1. The maximum Gasteiger partial charge on any atom is 0.220 e. The first kappa shape index (κ1) is 13.9. The summed E-state index contributed by atoms with van der Waals surface area (Å²) in [5.74, 6) is 0.0889. The minimum atomic E-state index is -0.596. The quantitative estimate of drug-likeness (QED) is 0.832. The molecule has 0 radical (unpaired) electrons. The van der Waals surface area contributed by atoms with E-state index in [9.17, 15) is 4.39 Å². The lowest BCUT2D eigenvalue weighted by molar-refractivity contribution is 0.303. The second kappa shape index (κ2) is 5.02. The molecule has 6 heteroatoms. The van der Waals surface area contributed by atoms with Crippen molar-refractivity contribution in [2.24, 2.45) is 21.5 Å². The van der Waals surface area contributed by atoms with E-state index in [2.05, 4.69) is 9.98 Å². The van der Waals surface area contributed by atoms with Crippen molar-refractivity contribution < 1.29 is 4.39 Å². The molecule has 1 aromatic rings. The van der Waals surface area contributed by atoms with Crippen molar-refractivity contribution in [3.63, 3.8) is 0 Å². The van der Waals surface area contributed by atoms with Crippen molar-refractivity contribution in [3.05, 3.63) is 29.6 Å². The van der Waals surface area contributed by atoms with Crippen molar-refractivity contribution in [1.29, 1.82) is 0 Å². The highest BCUT2D eigenvalue weighted by atomic mass is 19.1. The van der Waals surface area contributed by atoms with Crippen LogP contribution in [0.15, 0.2) is 28.2 Å². The normalized spacial score (nSPS) is 21.1. The summed E-state index contributed by atoms with van der Waals surface area (Å²) in [6.45, 7) is 1.86. The van der Waals surface area contributed by atoms with E-state index in [-0.39, 0.29) is 17.7 Å². The lowest BCUT2D eigenvalue weighted by Gasteiger charge is -2.46. The van der Waals surface area contributed by atoms with Crippen LogP contribution in [0.5, 0.6) is 0 Å². The molecule has 1 aliphatic heterocycles. The second-order valence-electron chi connectivity index (χ2n) is 5.72. The minimum absolute atomic E-state index is 0.180. The predicted molar refractivity (Wildman–Crippen MR) is 82.7 cm³/mol. The van der Waals surface area contributed by atoms with E-state index in [0.29, 0.717) is 5.69 Å². The molecule has 0 atom stereocenters. The second-order valence-corrected chi connectivity index (χ2v) is 5.72. The summed E-state index contributed by atoms with van der Waals surface area (Å²) >= 11 is 0. The Hall–Kier alpha value is -2.11. The fourth-order valence-electron chi connectivity index (χ4n) is 3.35. The lowest BCUT2D eigenvalue weighted by Crippen LogP contribution is -2.58. The third-order valence-corrected chi connectivity index (χ3v) is 4.26. The number of hydrogen-bond donors (Lipinski definition) is 2. The number of aliphatic imine (C=N–C) groups is 2. The van der Waals surface area contributed by atoms with Crippen molar-refractivity contribution in [2.45, 2.75) is 44.7 Å². The summed E-state index contributed by atoms with van der Waals surface area (Å²) < 4.78 is 14.4. The summed E-state index contributed by atoms with van der Waals surface area (Å²) in [5, 5.41) is 0.